The van der Waals surface area contributed by atoms with Crippen LogP contribution in [-0.4, -0.2) is 73.9 Å². The first kappa shape index (κ1) is 53.3. The summed E-state index contributed by atoms with van der Waals surface area (Å²) < 4.78 is 39.7. The highest BCUT2D eigenvalue weighted by molar-refractivity contribution is 6.81. The summed E-state index contributed by atoms with van der Waals surface area (Å²) in [6.07, 6.45) is 6.72. The van der Waals surface area contributed by atoms with Crippen LogP contribution >= 0.6 is 0 Å². The van der Waals surface area contributed by atoms with Gasteiger partial charge in [-0.1, -0.05) is 153 Å². The number of hydrogen-bond acceptors (Lipinski definition) is 7. The Hall–Kier alpha value is -2.00. The van der Waals surface area contributed by atoms with E-state index in [-0.39, 0.29) is 34.2 Å². The Balaban J connectivity index is 1.82. The molecule has 2 aromatic rings. The third-order valence-electron chi connectivity index (χ3n) is 12.8. The normalized spacial score (nSPS) is 19.6. The van der Waals surface area contributed by atoms with Crippen molar-refractivity contribution in [3.05, 3.63) is 95.2 Å². The van der Waals surface area contributed by atoms with E-state index in [4.69, 9.17) is 27.8 Å². The zero-order valence-electron chi connectivity index (χ0n) is 41.5. The molecule has 1 heterocycles. The molecular weight excluding hydrogens is 809 g/mol. The molecule has 1 saturated heterocycles. The van der Waals surface area contributed by atoms with Crippen LogP contribution in [0.4, 0.5) is 0 Å². The van der Waals surface area contributed by atoms with Crippen molar-refractivity contribution >= 4 is 30.5 Å². The van der Waals surface area contributed by atoms with Crippen LogP contribution in [0.15, 0.2) is 84.1 Å². The molecule has 2 aromatic carbocycles. The second kappa shape index (κ2) is 22.3. The lowest BCUT2D eigenvalue weighted by atomic mass is 9.78. The van der Waals surface area contributed by atoms with Gasteiger partial charge in [0.05, 0.1) is 57.7 Å². The van der Waals surface area contributed by atoms with Gasteiger partial charge in [0.2, 0.25) is 0 Å². The molecule has 0 saturated carbocycles. The Morgan fingerprint density at radius 2 is 1.33 bits per heavy atom. The lowest BCUT2D eigenvalue weighted by molar-refractivity contribution is -0.306. The van der Waals surface area contributed by atoms with E-state index in [2.05, 4.69) is 123 Å². The molecule has 0 spiro atoms. The molecule has 4 atom stereocenters. The summed E-state index contributed by atoms with van der Waals surface area (Å²) in [6, 6.07) is 20.4. The number of carbonyl (C=O) groups excluding carboxylic acids is 1. The number of rotatable bonds is 23. The van der Waals surface area contributed by atoms with Crippen molar-refractivity contribution in [3.8, 4) is 0 Å². The molecule has 1 fully saturated rings. The number of carbonyl (C=O) groups is 1. The van der Waals surface area contributed by atoms with Gasteiger partial charge in [-0.05, 0) is 86.6 Å². The van der Waals surface area contributed by atoms with Crippen LogP contribution < -0.4 is 0 Å². The molecular formula is C51H86O7Si3. The third-order valence-corrected chi connectivity index (χ3v) is 23.1. The van der Waals surface area contributed by atoms with Gasteiger partial charge in [-0.3, -0.25) is 4.79 Å². The first-order valence-corrected chi connectivity index (χ1v) is 32.3. The largest absolute Gasteiger partial charge is 0.414 e. The summed E-state index contributed by atoms with van der Waals surface area (Å²) in [7, 11) is -5.73. The molecule has 0 bridgehead atoms. The predicted octanol–water partition coefficient (Wildman–Crippen LogP) is 13.6. The van der Waals surface area contributed by atoms with Crippen LogP contribution in [0.5, 0.6) is 0 Å². The van der Waals surface area contributed by atoms with Crippen molar-refractivity contribution in [3.63, 3.8) is 0 Å². The van der Waals surface area contributed by atoms with Crippen molar-refractivity contribution in [1.29, 1.82) is 0 Å². The minimum absolute atomic E-state index is 0.0358. The maximum Gasteiger partial charge on any atom is 0.192 e. The maximum atomic E-state index is 14.4. The molecule has 344 valence electrons. The van der Waals surface area contributed by atoms with Gasteiger partial charge in [-0.2, -0.15) is 0 Å². The summed E-state index contributed by atoms with van der Waals surface area (Å²) in [5, 5.41) is 0.182. The van der Waals surface area contributed by atoms with Gasteiger partial charge in [0.25, 0.3) is 0 Å². The van der Waals surface area contributed by atoms with Crippen LogP contribution in [0.2, 0.25) is 55.9 Å². The Labute approximate surface area is 376 Å². The molecule has 7 nitrogen and oxygen atoms in total. The van der Waals surface area contributed by atoms with Gasteiger partial charge >= 0.3 is 0 Å². The van der Waals surface area contributed by atoms with Gasteiger partial charge in [0.1, 0.15) is 0 Å². The molecule has 0 aliphatic carbocycles. The van der Waals surface area contributed by atoms with Crippen LogP contribution in [0.3, 0.4) is 0 Å². The first-order chi connectivity index (χ1) is 28.0. The predicted molar refractivity (Wildman–Crippen MR) is 263 cm³/mol. The standard InChI is InChI=1S/C51H86O7Si3/c1-48(2,3)60(14,15)55-38-45(58-61(16,17)49(4,5)6)33-42(39-59(11,12)13)29-24-30-46(52)50(7,8)47(54-37-41-27-22-19-23-28-41)35-44-34-43(56-51(9,10)57-44)31-32-53-36-40-25-20-18-21-26-40/h18-28,30,39,43-45,47H,29,31-38H2,1-17H3/b30-24+,42-39+/t43-,44-,45+,47-/m0/s1. The average Bonchev–Trinajstić information content (AvgIpc) is 3.12. The molecule has 3 rings (SSSR count). The van der Waals surface area contributed by atoms with Crippen molar-refractivity contribution in [2.24, 2.45) is 5.41 Å². The zero-order chi connectivity index (χ0) is 45.9. The fourth-order valence-electron chi connectivity index (χ4n) is 7.14. The second-order valence-electron chi connectivity index (χ2n) is 22.6. The highest BCUT2D eigenvalue weighted by Crippen LogP contribution is 2.41. The second-order valence-corrected chi connectivity index (χ2v) is 37.2. The smallest absolute Gasteiger partial charge is 0.192 e. The van der Waals surface area contributed by atoms with E-state index in [0.29, 0.717) is 45.7 Å². The minimum Gasteiger partial charge on any atom is -0.414 e. The van der Waals surface area contributed by atoms with Gasteiger partial charge in [0, 0.05) is 19.4 Å². The van der Waals surface area contributed by atoms with Gasteiger partial charge in [-0.15, -0.1) is 0 Å². The van der Waals surface area contributed by atoms with Gasteiger partial charge < -0.3 is 27.8 Å². The topological polar surface area (TPSA) is 72.5 Å². The molecule has 61 heavy (non-hydrogen) atoms. The summed E-state index contributed by atoms with van der Waals surface area (Å²) in [5.74, 6) is -0.725. The van der Waals surface area contributed by atoms with E-state index in [1.807, 2.05) is 64.1 Å². The number of allylic oxidation sites excluding steroid dienone is 2. The van der Waals surface area contributed by atoms with Crippen molar-refractivity contribution in [1.82, 2.24) is 0 Å². The lowest BCUT2D eigenvalue weighted by Crippen LogP contribution is -2.48. The Kier molecular flexibility index (Phi) is 19.5. The molecule has 0 aromatic heterocycles. The zero-order valence-corrected chi connectivity index (χ0v) is 44.5. The molecule has 0 amide bonds. The van der Waals surface area contributed by atoms with Gasteiger partial charge in [-0.25, -0.2) is 0 Å². The minimum atomic E-state index is -2.10. The summed E-state index contributed by atoms with van der Waals surface area (Å²) >= 11 is 0. The Morgan fingerprint density at radius 3 is 1.87 bits per heavy atom. The molecule has 10 heteroatoms. The number of ether oxygens (including phenoxy) is 4. The van der Waals surface area contributed by atoms with E-state index >= 15 is 0 Å². The van der Waals surface area contributed by atoms with Crippen LogP contribution in [-0.2, 0) is 45.8 Å². The Morgan fingerprint density at radius 1 is 0.787 bits per heavy atom. The molecule has 0 radical (unpaired) electrons. The van der Waals surface area contributed by atoms with Crippen LogP contribution in [0.1, 0.15) is 112 Å². The van der Waals surface area contributed by atoms with Gasteiger partial charge in [0.15, 0.2) is 28.2 Å². The summed E-state index contributed by atoms with van der Waals surface area (Å²) in [5.41, 5.74) is 5.22. The lowest BCUT2D eigenvalue weighted by Gasteiger charge is -2.43. The first-order valence-electron chi connectivity index (χ1n) is 22.9. The fourth-order valence-corrected chi connectivity index (χ4v) is 11.0. The van der Waals surface area contributed by atoms with E-state index in [9.17, 15) is 4.79 Å². The highest BCUT2D eigenvalue weighted by atomic mass is 28.4. The number of hydrogen-bond donors (Lipinski definition) is 0. The fraction of sp³-hybridized carbons (Fsp3) is 0.667. The molecule has 1 aliphatic heterocycles. The van der Waals surface area contributed by atoms with Crippen molar-refractivity contribution < 1.29 is 32.6 Å². The SMILES string of the molecule is CC1(C)O[C@@H](CCOCc2ccccc2)C[C@@H](C[C@H](OCc2ccccc2)C(C)(C)C(=O)/C=C/C/C(=C\[Si](C)(C)C)C[C@H](CO[Si](C)(C)C(C)(C)C)O[Si](C)(C)C(C)(C)C)O1. The average molecular weight is 895 g/mol. The van der Waals surface area contributed by atoms with Crippen LogP contribution in [0, 0.1) is 5.41 Å². The Bertz CT molecular complexity index is 1680. The number of benzene rings is 2. The van der Waals surface area contributed by atoms with E-state index in [1.54, 1.807) is 6.08 Å². The summed E-state index contributed by atoms with van der Waals surface area (Å²) in [4.78, 5) is 14.4. The maximum absolute atomic E-state index is 14.4. The monoisotopic (exact) mass is 895 g/mol. The van der Waals surface area contributed by atoms with Crippen molar-refractivity contribution in [2.45, 2.75) is 201 Å². The molecule has 1 aliphatic rings. The molecule has 0 N–H and O–H groups in total. The quantitative estimate of drug-likeness (QED) is 0.0625. The number of ketones is 1. The van der Waals surface area contributed by atoms with Crippen LogP contribution in [0.25, 0.3) is 0 Å². The van der Waals surface area contributed by atoms with E-state index in [0.717, 1.165) is 24.0 Å². The summed E-state index contributed by atoms with van der Waals surface area (Å²) in [6.45, 7) is 40.3. The van der Waals surface area contributed by atoms with E-state index in [1.165, 1.54) is 5.57 Å². The van der Waals surface area contributed by atoms with Crippen molar-refractivity contribution in [2.75, 3.05) is 13.2 Å². The molecule has 0 unspecified atom stereocenters. The highest BCUT2D eigenvalue weighted by Gasteiger charge is 2.43. The third kappa shape index (κ3) is 18.2. The van der Waals surface area contributed by atoms with E-state index < -0.39 is 42.0 Å².